The number of carbonyl (C=O) groups is 1. The summed E-state index contributed by atoms with van der Waals surface area (Å²) in [5.41, 5.74) is 4.49. The highest BCUT2D eigenvalue weighted by atomic mass is 35.5. The average molecular weight is 546 g/mol. The molecule has 1 amide bonds. The van der Waals surface area contributed by atoms with E-state index >= 15 is 0 Å². The number of amides is 1. The van der Waals surface area contributed by atoms with Gasteiger partial charge >= 0.3 is 0 Å². The van der Waals surface area contributed by atoms with Gasteiger partial charge in [0.25, 0.3) is 0 Å². The number of hydrogen-bond donors (Lipinski definition) is 2. The molecule has 1 aliphatic rings. The van der Waals surface area contributed by atoms with Crippen molar-refractivity contribution < 1.29 is 15.0 Å². The highest BCUT2D eigenvalue weighted by Crippen LogP contribution is 2.46. The van der Waals surface area contributed by atoms with E-state index in [9.17, 15) is 15.0 Å². The molecule has 6 nitrogen and oxygen atoms in total. The van der Waals surface area contributed by atoms with Crippen molar-refractivity contribution in [2.24, 2.45) is 0 Å². The number of phenols is 1. The van der Waals surface area contributed by atoms with Crippen molar-refractivity contribution in [3.05, 3.63) is 107 Å². The second-order valence-electron chi connectivity index (χ2n) is 9.41. The Hall–Kier alpha value is -3.52. The number of anilines is 2. The van der Waals surface area contributed by atoms with Gasteiger partial charge in [-0.15, -0.1) is 11.8 Å². The Morgan fingerprint density at radius 1 is 0.947 bits per heavy atom. The third-order valence-corrected chi connectivity index (χ3v) is 8.23. The Balaban J connectivity index is 1.36. The number of benzene rings is 3. The quantitative estimate of drug-likeness (QED) is 0.261. The number of carbonyl (C=O) groups excluding carboxylic acids is 1. The summed E-state index contributed by atoms with van der Waals surface area (Å²) in [4.78, 5) is 21.6. The lowest BCUT2D eigenvalue weighted by Gasteiger charge is -2.47. The molecule has 1 aliphatic heterocycles. The number of aromatic hydroxyl groups is 1. The molecule has 4 aromatic rings. The predicted octanol–water partition coefficient (Wildman–Crippen LogP) is 6.10. The van der Waals surface area contributed by atoms with Crippen molar-refractivity contribution in [2.75, 3.05) is 29.6 Å². The van der Waals surface area contributed by atoms with Crippen LogP contribution in [-0.2, 0) is 4.79 Å². The third-order valence-electron chi connectivity index (χ3n) is 6.65. The van der Waals surface area contributed by atoms with Crippen molar-refractivity contribution >= 4 is 40.8 Å². The van der Waals surface area contributed by atoms with E-state index in [1.807, 2.05) is 73.7 Å². The number of halogens is 1. The van der Waals surface area contributed by atoms with Crippen LogP contribution in [0.25, 0.3) is 11.1 Å². The fraction of sp³-hybridized carbons (Fsp3) is 0.200. The maximum Gasteiger partial charge on any atom is 0.243 e. The van der Waals surface area contributed by atoms with Gasteiger partial charge < -0.3 is 20.0 Å². The number of aliphatic hydroxyl groups is 1. The number of pyridine rings is 1. The van der Waals surface area contributed by atoms with Gasteiger partial charge in [-0.3, -0.25) is 4.79 Å². The highest BCUT2D eigenvalue weighted by Gasteiger charge is 2.49. The summed E-state index contributed by atoms with van der Waals surface area (Å²) in [6.45, 7) is 0. The first-order valence-electron chi connectivity index (χ1n) is 12.2. The molecule has 2 N–H and O–H groups in total. The van der Waals surface area contributed by atoms with Gasteiger partial charge in [-0.05, 0) is 65.2 Å². The number of phenolic OH excluding ortho intramolecular Hbond substituents is 1. The number of β-lactam (4-membered cyclic amide) rings is 1. The number of aromatic nitrogens is 1. The molecule has 38 heavy (non-hydrogen) atoms. The van der Waals surface area contributed by atoms with E-state index in [1.165, 1.54) is 11.8 Å². The van der Waals surface area contributed by atoms with Crippen molar-refractivity contribution in [2.45, 2.75) is 17.4 Å². The summed E-state index contributed by atoms with van der Waals surface area (Å²) in [6, 6.07) is 25.7. The summed E-state index contributed by atoms with van der Waals surface area (Å²) in [7, 11) is 3.91. The van der Waals surface area contributed by atoms with Gasteiger partial charge in [0.05, 0.1) is 12.1 Å². The molecule has 0 radical (unpaired) electrons. The maximum atomic E-state index is 13.4. The maximum absolute atomic E-state index is 13.4. The predicted molar refractivity (Wildman–Crippen MR) is 155 cm³/mol. The fourth-order valence-electron chi connectivity index (χ4n) is 4.52. The first-order chi connectivity index (χ1) is 18.3. The molecule has 0 aliphatic carbocycles. The lowest BCUT2D eigenvalue weighted by molar-refractivity contribution is -0.123. The van der Waals surface area contributed by atoms with Gasteiger partial charge in [0.15, 0.2) is 0 Å². The van der Waals surface area contributed by atoms with Crippen LogP contribution < -0.4 is 9.80 Å². The fourth-order valence-corrected chi connectivity index (χ4v) is 5.95. The number of aliphatic hydroxyl groups excluding tert-OH is 1. The van der Waals surface area contributed by atoms with Crippen LogP contribution in [0.2, 0.25) is 5.02 Å². The van der Waals surface area contributed by atoms with E-state index in [-0.39, 0.29) is 22.9 Å². The lowest BCUT2D eigenvalue weighted by atomic mass is 9.92. The number of hydrogen-bond acceptors (Lipinski definition) is 6. The molecular formula is C30H28ClN3O3S. The van der Waals surface area contributed by atoms with Crippen LogP contribution >= 0.6 is 23.4 Å². The molecule has 1 aromatic heterocycles. The lowest BCUT2D eigenvalue weighted by Crippen LogP contribution is -2.57. The Kier molecular flexibility index (Phi) is 7.61. The number of thioether (sulfide) groups is 1. The Labute approximate surface area is 231 Å². The number of nitrogens with zero attached hydrogens (tertiary/aromatic N) is 3. The van der Waals surface area contributed by atoms with E-state index < -0.39 is 6.10 Å². The summed E-state index contributed by atoms with van der Waals surface area (Å²) in [6.07, 6.45) is 1.13. The van der Waals surface area contributed by atoms with Gasteiger partial charge in [0.2, 0.25) is 5.91 Å². The summed E-state index contributed by atoms with van der Waals surface area (Å²) < 4.78 is 0. The first kappa shape index (κ1) is 26.1. The van der Waals surface area contributed by atoms with E-state index in [0.717, 1.165) is 33.8 Å². The molecule has 0 spiro atoms. The largest absolute Gasteiger partial charge is 0.508 e. The zero-order valence-electron chi connectivity index (χ0n) is 21.0. The standard InChI is InChI=1S/C30H28ClN3O3S/c1-33(2)27-16-9-22(17-32-27)19-5-12-24(13-6-19)34-28(21-7-14-25(35)15-8-21)29(30(34)37)38-18-26(36)20-3-10-23(31)11-4-20/h3-17,26,28-29,35-36H,18H2,1-2H3/t26-,28+,29+/m0/s1. The second kappa shape index (κ2) is 11.1. The first-order valence-corrected chi connectivity index (χ1v) is 13.7. The van der Waals surface area contributed by atoms with E-state index in [4.69, 9.17) is 11.6 Å². The molecule has 3 aromatic carbocycles. The Bertz CT molecular complexity index is 1400. The normalized spacial score (nSPS) is 17.7. The van der Waals surface area contributed by atoms with E-state index in [0.29, 0.717) is 10.8 Å². The van der Waals surface area contributed by atoms with Gasteiger partial charge in [0, 0.05) is 42.3 Å². The molecule has 0 unspecified atom stereocenters. The molecule has 194 valence electrons. The molecule has 0 bridgehead atoms. The summed E-state index contributed by atoms with van der Waals surface area (Å²) >= 11 is 7.41. The average Bonchev–Trinajstić information content (AvgIpc) is 2.93. The molecular weight excluding hydrogens is 518 g/mol. The Morgan fingerprint density at radius 2 is 1.61 bits per heavy atom. The molecule has 2 heterocycles. The number of rotatable bonds is 8. The minimum atomic E-state index is -0.716. The van der Waals surface area contributed by atoms with Gasteiger partial charge in [-0.1, -0.05) is 48.0 Å². The minimum absolute atomic E-state index is 0.0128. The van der Waals surface area contributed by atoms with Gasteiger partial charge in [-0.25, -0.2) is 4.98 Å². The molecule has 5 rings (SSSR count). The second-order valence-corrected chi connectivity index (χ2v) is 11.0. The zero-order chi connectivity index (χ0) is 26.8. The SMILES string of the molecule is CN(C)c1ccc(-c2ccc(N3C(=O)[C@H](SC[C@H](O)c4ccc(Cl)cc4)[C@H]3c3ccc(O)cc3)cc2)cn1. The van der Waals surface area contributed by atoms with E-state index in [2.05, 4.69) is 4.98 Å². The molecule has 0 saturated carbocycles. The zero-order valence-corrected chi connectivity index (χ0v) is 22.6. The van der Waals surface area contributed by atoms with Crippen LogP contribution in [0.1, 0.15) is 23.3 Å². The van der Waals surface area contributed by atoms with Crippen LogP contribution in [-0.4, -0.2) is 46.2 Å². The highest BCUT2D eigenvalue weighted by molar-refractivity contribution is 8.00. The van der Waals surface area contributed by atoms with Crippen LogP contribution in [0.3, 0.4) is 0 Å². The van der Waals surface area contributed by atoms with Crippen LogP contribution in [0.5, 0.6) is 5.75 Å². The van der Waals surface area contributed by atoms with Crippen LogP contribution in [0.4, 0.5) is 11.5 Å². The monoisotopic (exact) mass is 545 g/mol. The van der Waals surface area contributed by atoms with Crippen molar-refractivity contribution in [1.29, 1.82) is 0 Å². The molecule has 1 saturated heterocycles. The minimum Gasteiger partial charge on any atom is -0.508 e. The third kappa shape index (κ3) is 5.36. The van der Waals surface area contributed by atoms with Gasteiger partial charge in [-0.2, -0.15) is 0 Å². The molecule has 8 heteroatoms. The topological polar surface area (TPSA) is 76.9 Å². The van der Waals surface area contributed by atoms with Gasteiger partial charge in [0.1, 0.15) is 16.8 Å². The van der Waals surface area contributed by atoms with Crippen LogP contribution in [0.15, 0.2) is 91.1 Å². The van der Waals surface area contributed by atoms with Crippen LogP contribution in [0, 0.1) is 0 Å². The molecule has 1 fully saturated rings. The van der Waals surface area contributed by atoms with Crippen molar-refractivity contribution in [3.8, 4) is 16.9 Å². The smallest absolute Gasteiger partial charge is 0.243 e. The molecule has 3 atom stereocenters. The Morgan fingerprint density at radius 3 is 2.21 bits per heavy atom. The van der Waals surface area contributed by atoms with Crippen molar-refractivity contribution in [3.63, 3.8) is 0 Å². The summed E-state index contributed by atoms with van der Waals surface area (Å²) in [5, 5.41) is 20.8. The van der Waals surface area contributed by atoms with E-state index in [1.54, 1.807) is 41.3 Å². The van der Waals surface area contributed by atoms with Crippen molar-refractivity contribution in [1.82, 2.24) is 4.98 Å². The summed E-state index contributed by atoms with van der Waals surface area (Å²) in [5.74, 6) is 1.42.